The number of nitrogens with zero attached hydrogens (tertiary/aromatic N) is 3. The van der Waals surface area contributed by atoms with Crippen LogP contribution in [0.1, 0.15) is 37.5 Å². The molecule has 1 fully saturated rings. The lowest BCUT2D eigenvalue weighted by Gasteiger charge is -2.23. The Kier molecular flexibility index (Phi) is 3.61. The number of halogens is 1. The van der Waals surface area contributed by atoms with E-state index in [2.05, 4.69) is 31.1 Å². The highest BCUT2D eigenvalue weighted by atomic mass is 79.9. The lowest BCUT2D eigenvalue weighted by Crippen LogP contribution is -2.26. The molecule has 0 aliphatic heterocycles. The number of aromatic nitrogens is 3. The van der Waals surface area contributed by atoms with Crippen molar-refractivity contribution in [2.24, 2.45) is 5.73 Å². The molecule has 6 heteroatoms. The maximum Gasteiger partial charge on any atom is 0.230 e. The van der Waals surface area contributed by atoms with Crippen LogP contribution < -0.4 is 5.73 Å². The minimum absolute atomic E-state index is 0.246. The molecule has 0 radical (unpaired) electrons. The van der Waals surface area contributed by atoms with Gasteiger partial charge in [0.05, 0.1) is 0 Å². The molecule has 3 rings (SSSR count). The Hall–Kier alpha value is -1.27. The van der Waals surface area contributed by atoms with Crippen LogP contribution in [0.2, 0.25) is 0 Å². The van der Waals surface area contributed by atoms with Crippen LogP contribution in [0.15, 0.2) is 27.3 Å². The van der Waals surface area contributed by atoms with Crippen LogP contribution in [-0.2, 0) is 0 Å². The molecule has 19 heavy (non-hydrogen) atoms. The third kappa shape index (κ3) is 2.69. The first-order chi connectivity index (χ1) is 9.24. The molecule has 100 valence electrons. The third-order valence-electron chi connectivity index (χ3n) is 3.48. The van der Waals surface area contributed by atoms with Crippen molar-refractivity contribution in [2.45, 2.75) is 37.6 Å². The van der Waals surface area contributed by atoms with Crippen molar-refractivity contribution < 1.29 is 4.52 Å². The Labute approximate surface area is 119 Å². The zero-order valence-corrected chi connectivity index (χ0v) is 12.0. The molecule has 0 saturated heterocycles. The first-order valence-electron chi connectivity index (χ1n) is 6.44. The predicted molar refractivity (Wildman–Crippen MR) is 74.4 cm³/mol. The van der Waals surface area contributed by atoms with E-state index < -0.39 is 0 Å². The Morgan fingerprint density at radius 1 is 1.37 bits per heavy atom. The molecule has 0 aromatic carbocycles. The van der Waals surface area contributed by atoms with Crippen molar-refractivity contribution >= 4 is 15.9 Å². The largest absolute Gasteiger partial charge is 0.339 e. The highest BCUT2D eigenvalue weighted by molar-refractivity contribution is 9.10. The number of rotatable bonds is 2. The fraction of sp³-hybridized carbons (Fsp3) is 0.462. The van der Waals surface area contributed by atoms with Gasteiger partial charge in [-0.05, 0) is 47.3 Å². The lowest BCUT2D eigenvalue weighted by molar-refractivity contribution is 0.299. The topological polar surface area (TPSA) is 77.8 Å². The Morgan fingerprint density at radius 2 is 2.26 bits per heavy atom. The van der Waals surface area contributed by atoms with E-state index in [0.29, 0.717) is 17.4 Å². The van der Waals surface area contributed by atoms with Crippen molar-refractivity contribution in [3.05, 3.63) is 28.7 Å². The zero-order valence-electron chi connectivity index (χ0n) is 10.4. The molecule has 1 aliphatic carbocycles. The number of nitrogens with two attached hydrogens (primary N) is 1. The Bertz CT molecular complexity index is 571. The Morgan fingerprint density at radius 3 is 3.05 bits per heavy atom. The maximum absolute atomic E-state index is 5.99. The molecule has 2 atom stereocenters. The van der Waals surface area contributed by atoms with E-state index in [4.69, 9.17) is 10.3 Å². The SMILES string of the molecule is NC1CCCC(c2nc(-c3ncccc3Br)no2)C1. The summed E-state index contributed by atoms with van der Waals surface area (Å²) in [5.41, 5.74) is 6.70. The summed E-state index contributed by atoms with van der Waals surface area (Å²) in [5, 5.41) is 4.03. The van der Waals surface area contributed by atoms with Crippen LogP contribution in [-0.4, -0.2) is 21.2 Å². The van der Waals surface area contributed by atoms with Crippen molar-refractivity contribution in [1.82, 2.24) is 15.1 Å². The molecule has 1 saturated carbocycles. The molecule has 5 nitrogen and oxygen atoms in total. The summed E-state index contributed by atoms with van der Waals surface area (Å²) in [4.78, 5) is 8.74. The van der Waals surface area contributed by atoms with Crippen molar-refractivity contribution in [2.75, 3.05) is 0 Å². The average molecular weight is 323 g/mol. The molecule has 0 bridgehead atoms. The van der Waals surface area contributed by atoms with Gasteiger partial charge in [0.15, 0.2) is 0 Å². The van der Waals surface area contributed by atoms with E-state index in [9.17, 15) is 0 Å². The van der Waals surface area contributed by atoms with Crippen molar-refractivity contribution in [1.29, 1.82) is 0 Å². The molecule has 2 heterocycles. The van der Waals surface area contributed by atoms with E-state index in [1.165, 1.54) is 0 Å². The van der Waals surface area contributed by atoms with Crippen LogP contribution in [0.4, 0.5) is 0 Å². The second-order valence-corrected chi connectivity index (χ2v) is 5.77. The molecule has 2 aromatic heterocycles. The maximum atomic E-state index is 5.99. The highest BCUT2D eigenvalue weighted by Gasteiger charge is 2.26. The van der Waals surface area contributed by atoms with Gasteiger partial charge in [-0.2, -0.15) is 4.98 Å². The van der Waals surface area contributed by atoms with Gasteiger partial charge in [-0.3, -0.25) is 4.98 Å². The normalized spacial score (nSPS) is 23.5. The summed E-state index contributed by atoms with van der Waals surface area (Å²) in [6, 6.07) is 4.01. The third-order valence-corrected chi connectivity index (χ3v) is 4.12. The van der Waals surface area contributed by atoms with Gasteiger partial charge in [-0.15, -0.1) is 0 Å². The quantitative estimate of drug-likeness (QED) is 0.919. The van der Waals surface area contributed by atoms with Crippen LogP contribution in [0.3, 0.4) is 0 Å². The van der Waals surface area contributed by atoms with Gasteiger partial charge in [0.25, 0.3) is 0 Å². The number of hydrogen-bond donors (Lipinski definition) is 1. The first-order valence-corrected chi connectivity index (χ1v) is 7.23. The lowest BCUT2D eigenvalue weighted by atomic mass is 9.86. The van der Waals surface area contributed by atoms with Gasteiger partial charge in [0.2, 0.25) is 11.7 Å². The molecular weight excluding hydrogens is 308 g/mol. The van der Waals surface area contributed by atoms with Gasteiger partial charge < -0.3 is 10.3 Å². The van der Waals surface area contributed by atoms with Crippen LogP contribution in [0.25, 0.3) is 11.5 Å². The molecule has 1 aliphatic rings. The van der Waals surface area contributed by atoms with Crippen molar-refractivity contribution in [3.63, 3.8) is 0 Å². The second kappa shape index (κ2) is 5.38. The summed E-state index contributed by atoms with van der Waals surface area (Å²) < 4.78 is 6.25. The van der Waals surface area contributed by atoms with E-state index in [1.54, 1.807) is 6.20 Å². The predicted octanol–water partition coefficient (Wildman–Crippen LogP) is 2.88. The van der Waals surface area contributed by atoms with Gasteiger partial charge in [0, 0.05) is 22.6 Å². The molecule has 2 N–H and O–H groups in total. The van der Waals surface area contributed by atoms with E-state index in [0.717, 1.165) is 30.2 Å². The van der Waals surface area contributed by atoms with E-state index in [-0.39, 0.29) is 12.0 Å². The van der Waals surface area contributed by atoms with Crippen LogP contribution in [0, 0.1) is 0 Å². The molecule has 2 aromatic rings. The van der Waals surface area contributed by atoms with Crippen molar-refractivity contribution in [3.8, 4) is 11.5 Å². The summed E-state index contributed by atoms with van der Waals surface area (Å²) in [6.07, 6.45) is 5.91. The van der Waals surface area contributed by atoms with Gasteiger partial charge in [0.1, 0.15) is 5.69 Å². The molecule has 0 amide bonds. The minimum atomic E-state index is 0.246. The monoisotopic (exact) mass is 322 g/mol. The van der Waals surface area contributed by atoms with Crippen LogP contribution in [0.5, 0.6) is 0 Å². The van der Waals surface area contributed by atoms with Gasteiger partial charge in [-0.1, -0.05) is 11.6 Å². The molecular formula is C13H15BrN4O. The van der Waals surface area contributed by atoms with E-state index >= 15 is 0 Å². The molecule has 2 unspecified atom stereocenters. The summed E-state index contributed by atoms with van der Waals surface area (Å²) in [6.45, 7) is 0. The standard InChI is InChI=1S/C13H15BrN4O/c14-10-5-2-6-16-11(10)12-17-13(19-18-12)8-3-1-4-9(15)7-8/h2,5-6,8-9H,1,3-4,7,15H2. The molecule has 0 spiro atoms. The fourth-order valence-electron chi connectivity index (χ4n) is 2.50. The number of hydrogen-bond acceptors (Lipinski definition) is 5. The second-order valence-electron chi connectivity index (χ2n) is 4.91. The average Bonchev–Trinajstić information content (AvgIpc) is 2.89. The summed E-state index contributed by atoms with van der Waals surface area (Å²) in [5.74, 6) is 1.50. The number of pyridine rings is 1. The first kappa shape index (κ1) is 12.7. The van der Waals surface area contributed by atoms with Gasteiger partial charge >= 0.3 is 0 Å². The van der Waals surface area contributed by atoms with Gasteiger partial charge in [-0.25, -0.2) is 0 Å². The minimum Gasteiger partial charge on any atom is -0.339 e. The van der Waals surface area contributed by atoms with E-state index in [1.807, 2.05) is 12.1 Å². The summed E-state index contributed by atoms with van der Waals surface area (Å²) >= 11 is 3.44. The summed E-state index contributed by atoms with van der Waals surface area (Å²) in [7, 11) is 0. The fourth-order valence-corrected chi connectivity index (χ4v) is 2.93. The smallest absolute Gasteiger partial charge is 0.230 e. The zero-order chi connectivity index (χ0) is 13.2. The highest BCUT2D eigenvalue weighted by Crippen LogP contribution is 2.32. The Balaban J connectivity index is 1.85. The van der Waals surface area contributed by atoms with Crippen LogP contribution >= 0.6 is 15.9 Å².